The summed E-state index contributed by atoms with van der Waals surface area (Å²) in [6.45, 7) is 4.24. The van der Waals surface area contributed by atoms with Gasteiger partial charge in [-0.3, -0.25) is 0 Å². The van der Waals surface area contributed by atoms with Gasteiger partial charge < -0.3 is 20.1 Å². The monoisotopic (exact) mass is 290 g/mol. The van der Waals surface area contributed by atoms with E-state index in [4.69, 9.17) is 9.47 Å². The Balaban J connectivity index is 1.75. The first-order valence-corrected chi connectivity index (χ1v) is 8.13. The predicted molar refractivity (Wildman–Crippen MR) is 84.4 cm³/mol. The molecule has 2 saturated heterocycles. The molecule has 0 amide bonds. The fourth-order valence-corrected chi connectivity index (χ4v) is 3.28. The SMILES string of the molecule is COc1ccc(C2CCCNC2)cc1OC1CCCNC1. The van der Waals surface area contributed by atoms with Crippen molar-refractivity contribution >= 4 is 0 Å². The van der Waals surface area contributed by atoms with Gasteiger partial charge in [-0.25, -0.2) is 0 Å². The van der Waals surface area contributed by atoms with Crippen LogP contribution in [0.15, 0.2) is 18.2 Å². The van der Waals surface area contributed by atoms with E-state index in [-0.39, 0.29) is 6.10 Å². The topological polar surface area (TPSA) is 42.5 Å². The molecule has 2 atom stereocenters. The molecule has 0 spiro atoms. The van der Waals surface area contributed by atoms with Crippen LogP contribution in [0.4, 0.5) is 0 Å². The lowest BCUT2D eigenvalue weighted by atomic mass is 9.91. The molecular weight excluding hydrogens is 264 g/mol. The average Bonchev–Trinajstić information content (AvgIpc) is 2.56. The van der Waals surface area contributed by atoms with Crippen LogP contribution in [0.2, 0.25) is 0 Å². The lowest BCUT2D eigenvalue weighted by Crippen LogP contribution is -2.37. The average molecular weight is 290 g/mol. The molecule has 1 aromatic carbocycles. The number of hydrogen-bond donors (Lipinski definition) is 2. The zero-order valence-corrected chi connectivity index (χ0v) is 12.9. The second-order valence-electron chi connectivity index (χ2n) is 6.04. The zero-order chi connectivity index (χ0) is 14.5. The molecule has 0 aliphatic carbocycles. The molecule has 2 unspecified atom stereocenters. The minimum absolute atomic E-state index is 0.257. The van der Waals surface area contributed by atoms with Crippen LogP contribution in [0.1, 0.15) is 37.2 Å². The van der Waals surface area contributed by atoms with Crippen molar-refractivity contribution in [1.82, 2.24) is 10.6 Å². The zero-order valence-electron chi connectivity index (χ0n) is 12.9. The first-order valence-electron chi connectivity index (χ1n) is 8.13. The minimum Gasteiger partial charge on any atom is -0.493 e. The molecule has 4 nitrogen and oxygen atoms in total. The Bertz CT molecular complexity index is 452. The summed E-state index contributed by atoms with van der Waals surface area (Å²) in [5, 5.41) is 6.88. The highest BCUT2D eigenvalue weighted by atomic mass is 16.5. The van der Waals surface area contributed by atoms with E-state index >= 15 is 0 Å². The lowest BCUT2D eigenvalue weighted by Gasteiger charge is -2.27. The van der Waals surface area contributed by atoms with Gasteiger partial charge in [-0.15, -0.1) is 0 Å². The van der Waals surface area contributed by atoms with Crippen LogP contribution >= 0.6 is 0 Å². The first-order chi connectivity index (χ1) is 10.4. The summed E-state index contributed by atoms with van der Waals surface area (Å²) in [5.74, 6) is 2.33. The number of nitrogens with one attached hydrogen (secondary N) is 2. The van der Waals surface area contributed by atoms with Crippen molar-refractivity contribution in [2.45, 2.75) is 37.7 Å². The molecule has 2 fully saturated rings. The molecule has 1 aromatic rings. The van der Waals surface area contributed by atoms with E-state index in [1.54, 1.807) is 7.11 Å². The fourth-order valence-electron chi connectivity index (χ4n) is 3.28. The smallest absolute Gasteiger partial charge is 0.161 e. The van der Waals surface area contributed by atoms with Gasteiger partial charge in [0.05, 0.1) is 7.11 Å². The largest absolute Gasteiger partial charge is 0.493 e. The summed E-state index contributed by atoms with van der Waals surface area (Å²) in [6.07, 6.45) is 5.06. The first kappa shape index (κ1) is 14.7. The van der Waals surface area contributed by atoms with Crippen LogP contribution in [-0.2, 0) is 0 Å². The van der Waals surface area contributed by atoms with Crippen LogP contribution < -0.4 is 20.1 Å². The van der Waals surface area contributed by atoms with Crippen molar-refractivity contribution in [2.24, 2.45) is 0 Å². The van der Waals surface area contributed by atoms with Crippen LogP contribution in [0.25, 0.3) is 0 Å². The maximum absolute atomic E-state index is 6.20. The van der Waals surface area contributed by atoms with Crippen LogP contribution in [0, 0.1) is 0 Å². The van der Waals surface area contributed by atoms with Gasteiger partial charge in [-0.1, -0.05) is 6.07 Å². The maximum atomic E-state index is 6.20. The Morgan fingerprint density at radius 1 is 1.00 bits per heavy atom. The van der Waals surface area contributed by atoms with Gasteiger partial charge in [-0.2, -0.15) is 0 Å². The molecule has 2 aliphatic rings. The summed E-state index contributed by atoms with van der Waals surface area (Å²) < 4.78 is 11.7. The number of methoxy groups -OCH3 is 1. The summed E-state index contributed by atoms with van der Waals surface area (Å²) in [5.41, 5.74) is 1.36. The van der Waals surface area contributed by atoms with Gasteiger partial charge in [0, 0.05) is 13.1 Å². The normalized spacial score (nSPS) is 26.3. The van der Waals surface area contributed by atoms with Gasteiger partial charge in [0.25, 0.3) is 0 Å². The quantitative estimate of drug-likeness (QED) is 0.893. The van der Waals surface area contributed by atoms with E-state index in [2.05, 4.69) is 28.8 Å². The third-order valence-electron chi connectivity index (χ3n) is 4.50. The molecule has 0 aromatic heterocycles. The molecule has 21 heavy (non-hydrogen) atoms. The number of benzene rings is 1. The summed E-state index contributed by atoms with van der Waals surface area (Å²) >= 11 is 0. The summed E-state index contributed by atoms with van der Waals surface area (Å²) in [7, 11) is 1.71. The van der Waals surface area contributed by atoms with Crippen molar-refractivity contribution in [1.29, 1.82) is 0 Å². The van der Waals surface area contributed by atoms with Crippen LogP contribution in [0.5, 0.6) is 11.5 Å². The minimum atomic E-state index is 0.257. The van der Waals surface area contributed by atoms with Crippen molar-refractivity contribution in [2.75, 3.05) is 33.3 Å². The third kappa shape index (κ3) is 3.69. The van der Waals surface area contributed by atoms with Crippen molar-refractivity contribution < 1.29 is 9.47 Å². The summed E-state index contributed by atoms with van der Waals surface area (Å²) in [4.78, 5) is 0. The molecule has 116 valence electrons. The maximum Gasteiger partial charge on any atom is 0.161 e. The van der Waals surface area contributed by atoms with Gasteiger partial charge in [0.1, 0.15) is 6.10 Å². The highest BCUT2D eigenvalue weighted by Gasteiger charge is 2.20. The highest BCUT2D eigenvalue weighted by molar-refractivity contribution is 5.44. The Morgan fingerprint density at radius 2 is 1.81 bits per heavy atom. The van der Waals surface area contributed by atoms with E-state index in [9.17, 15) is 0 Å². The molecule has 0 bridgehead atoms. The molecule has 0 radical (unpaired) electrons. The van der Waals surface area contributed by atoms with Crippen LogP contribution in [-0.4, -0.2) is 39.4 Å². The second kappa shape index (κ2) is 7.14. The molecule has 2 heterocycles. The summed E-state index contributed by atoms with van der Waals surface area (Å²) in [6, 6.07) is 6.42. The molecule has 2 aliphatic heterocycles. The lowest BCUT2D eigenvalue weighted by molar-refractivity contribution is 0.161. The van der Waals surface area contributed by atoms with Crippen molar-refractivity contribution in [3.63, 3.8) is 0 Å². The van der Waals surface area contributed by atoms with E-state index in [1.165, 1.54) is 24.8 Å². The Morgan fingerprint density at radius 3 is 2.48 bits per heavy atom. The van der Waals surface area contributed by atoms with Crippen LogP contribution in [0.3, 0.4) is 0 Å². The number of piperidine rings is 2. The number of rotatable bonds is 4. The van der Waals surface area contributed by atoms with Crippen molar-refractivity contribution in [3.8, 4) is 11.5 Å². The molecular formula is C17H26N2O2. The standard InChI is InChI=1S/C17H26N2O2/c1-20-16-7-6-13(14-4-2-8-18-11-14)10-17(16)21-15-5-3-9-19-12-15/h6-7,10,14-15,18-19H,2-5,8-9,11-12H2,1H3. The van der Waals surface area contributed by atoms with Crippen molar-refractivity contribution in [3.05, 3.63) is 23.8 Å². The Labute approximate surface area is 127 Å². The van der Waals surface area contributed by atoms with E-state index in [0.29, 0.717) is 5.92 Å². The van der Waals surface area contributed by atoms with E-state index < -0.39 is 0 Å². The Hall–Kier alpha value is -1.26. The van der Waals surface area contributed by atoms with E-state index in [1.807, 2.05) is 0 Å². The highest BCUT2D eigenvalue weighted by Crippen LogP contribution is 2.34. The molecule has 4 heteroatoms. The van der Waals surface area contributed by atoms with Gasteiger partial charge in [-0.05, 0) is 62.4 Å². The fraction of sp³-hybridized carbons (Fsp3) is 0.647. The molecule has 2 N–H and O–H groups in total. The van der Waals surface area contributed by atoms with E-state index in [0.717, 1.165) is 44.1 Å². The van der Waals surface area contributed by atoms with Gasteiger partial charge in [0.2, 0.25) is 0 Å². The second-order valence-corrected chi connectivity index (χ2v) is 6.04. The third-order valence-corrected chi connectivity index (χ3v) is 4.50. The molecule has 0 saturated carbocycles. The number of hydrogen-bond acceptors (Lipinski definition) is 4. The predicted octanol–water partition coefficient (Wildman–Crippen LogP) is 2.29. The Kier molecular flexibility index (Phi) is 4.99. The number of ether oxygens (including phenoxy) is 2. The van der Waals surface area contributed by atoms with Gasteiger partial charge >= 0.3 is 0 Å². The van der Waals surface area contributed by atoms with Gasteiger partial charge in [0.15, 0.2) is 11.5 Å². The molecule has 3 rings (SSSR count).